The van der Waals surface area contributed by atoms with E-state index in [1.54, 1.807) is 31.4 Å². The highest BCUT2D eigenvalue weighted by molar-refractivity contribution is 6.30. The van der Waals surface area contributed by atoms with Crippen molar-refractivity contribution in [2.45, 2.75) is 6.42 Å². The van der Waals surface area contributed by atoms with Crippen molar-refractivity contribution in [1.29, 1.82) is 0 Å². The van der Waals surface area contributed by atoms with Gasteiger partial charge in [0.25, 0.3) is 11.8 Å². The van der Waals surface area contributed by atoms with E-state index in [1.165, 1.54) is 18.3 Å². The molecular formula is C17H17ClN4O4. The molecule has 1 aromatic carbocycles. The Balaban J connectivity index is 1.72. The third-order valence-corrected chi connectivity index (χ3v) is 3.46. The Bertz CT molecular complexity index is 796. The summed E-state index contributed by atoms with van der Waals surface area (Å²) in [6.45, 7) is -0.324. The highest BCUT2D eigenvalue weighted by atomic mass is 35.5. The summed E-state index contributed by atoms with van der Waals surface area (Å²) in [6, 6.07) is 9.88. The average Bonchev–Trinajstić information content (AvgIpc) is 2.65. The van der Waals surface area contributed by atoms with E-state index in [-0.39, 0.29) is 18.7 Å². The molecule has 0 aliphatic rings. The van der Waals surface area contributed by atoms with E-state index >= 15 is 0 Å². The first-order chi connectivity index (χ1) is 12.5. The second-order valence-electron chi connectivity index (χ2n) is 5.16. The van der Waals surface area contributed by atoms with Gasteiger partial charge in [-0.3, -0.25) is 30.2 Å². The summed E-state index contributed by atoms with van der Waals surface area (Å²) >= 11 is 5.77. The van der Waals surface area contributed by atoms with Gasteiger partial charge < -0.3 is 10.1 Å². The molecule has 0 saturated carbocycles. The molecule has 0 aliphatic carbocycles. The minimum Gasteiger partial charge on any atom is -0.497 e. The first-order valence-electron chi connectivity index (χ1n) is 7.58. The number of halogens is 1. The number of amides is 3. The molecule has 1 heterocycles. The van der Waals surface area contributed by atoms with Gasteiger partial charge in [0.2, 0.25) is 5.91 Å². The largest absolute Gasteiger partial charge is 0.497 e. The Hall–Kier alpha value is -3.13. The number of hydrogen-bond acceptors (Lipinski definition) is 5. The summed E-state index contributed by atoms with van der Waals surface area (Å²) in [4.78, 5) is 39.1. The maximum atomic E-state index is 11.8. The molecule has 3 N–H and O–H groups in total. The van der Waals surface area contributed by atoms with Gasteiger partial charge in [-0.25, -0.2) is 0 Å². The summed E-state index contributed by atoms with van der Waals surface area (Å²) in [5.74, 6) is -0.839. The molecule has 2 aromatic rings. The van der Waals surface area contributed by atoms with Crippen LogP contribution in [0.2, 0.25) is 5.02 Å². The number of methoxy groups -OCH3 is 1. The van der Waals surface area contributed by atoms with Crippen LogP contribution in [-0.2, 0) is 16.0 Å². The molecule has 26 heavy (non-hydrogen) atoms. The SMILES string of the molecule is COc1ccc(CC(=O)NNC(=O)CNC(=O)c2cc(Cl)ccn2)cc1. The summed E-state index contributed by atoms with van der Waals surface area (Å²) in [5.41, 5.74) is 5.35. The van der Waals surface area contributed by atoms with Crippen LogP contribution in [-0.4, -0.2) is 36.4 Å². The van der Waals surface area contributed by atoms with Crippen LogP contribution in [0.5, 0.6) is 5.75 Å². The highest BCUT2D eigenvalue weighted by Crippen LogP contribution is 2.11. The summed E-state index contributed by atoms with van der Waals surface area (Å²) < 4.78 is 5.03. The van der Waals surface area contributed by atoms with Gasteiger partial charge in [0.1, 0.15) is 11.4 Å². The standard InChI is InChI=1S/C17H17ClN4O4/c1-26-13-4-2-11(3-5-13)8-15(23)21-22-16(24)10-20-17(25)14-9-12(18)6-7-19-14/h2-7,9H,8,10H2,1H3,(H,20,25)(H,21,23)(H,22,24). The number of rotatable bonds is 6. The fraction of sp³-hybridized carbons (Fsp3) is 0.176. The zero-order valence-electron chi connectivity index (χ0n) is 13.9. The molecule has 1 aromatic heterocycles. The second kappa shape index (κ2) is 9.38. The molecule has 8 nitrogen and oxygen atoms in total. The van der Waals surface area contributed by atoms with Crippen molar-refractivity contribution in [2.75, 3.05) is 13.7 Å². The minimum atomic E-state index is -0.580. The van der Waals surface area contributed by atoms with Crippen molar-refractivity contribution in [2.24, 2.45) is 0 Å². The van der Waals surface area contributed by atoms with Crippen LogP contribution in [0, 0.1) is 0 Å². The van der Waals surface area contributed by atoms with Crippen molar-refractivity contribution in [1.82, 2.24) is 21.2 Å². The van der Waals surface area contributed by atoms with Crippen molar-refractivity contribution < 1.29 is 19.1 Å². The van der Waals surface area contributed by atoms with Crippen molar-refractivity contribution >= 4 is 29.3 Å². The lowest BCUT2D eigenvalue weighted by molar-refractivity contribution is -0.128. The second-order valence-corrected chi connectivity index (χ2v) is 5.60. The van der Waals surface area contributed by atoms with E-state index < -0.39 is 17.7 Å². The van der Waals surface area contributed by atoms with E-state index in [4.69, 9.17) is 16.3 Å². The van der Waals surface area contributed by atoms with Crippen molar-refractivity contribution in [3.8, 4) is 5.75 Å². The number of benzene rings is 1. The number of hydrogen-bond donors (Lipinski definition) is 3. The van der Waals surface area contributed by atoms with Gasteiger partial charge in [0.15, 0.2) is 0 Å². The Morgan fingerprint density at radius 1 is 1.08 bits per heavy atom. The molecule has 0 spiro atoms. The van der Waals surface area contributed by atoms with Crippen molar-refractivity contribution in [3.05, 3.63) is 58.9 Å². The molecule has 2 rings (SSSR count). The van der Waals surface area contributed by atoms with Crippen LogP contribution in [0.3, 0.4) is 0 Å². The van der Waals surface area contributed by atoms with Gasteiger partial charge in [0, 0.05) is 11.2 Å². The van der Waals surface area contributed by atoms with Gasteiger partial charge >= 0.3 is 0 Å². The van der Waals surface area contributed by atoms with E-state index in [1.807, 2.05) is 0 Å². The van der Waals surface area contributed by atoms with Crippen LogP contribution >= 0.6 is 11.6 Å². The molecule has 136 valence electrons. The van der Waals surface area contributed by atoms with Gasteiger partial charge in [-0.15, -0.1) is 0 Å². The highest BCUT2D eigenvalue weighted by Gasteiger charge is 2.10. The Kier molecular flexibility index (Phi) is 6.92. The molecule has 0 saturated heterocycles. The predicted octanol–water partition coefficient (Wildman–Crippen LogP) is 0.864. The molecule has 0 unspecified atom stereocenters. The van der Waals surface area contributed by atoms with Gasteiger partial charge in [0.05, 0.1) is 20.1 Å². The fourth-order valence-electron chi connectivity index (χ4n) is 1.94. The topological polar surface area (TPSA) is 109 Å². The van der Waals surface area contributed by atoms with Gasteiger partial charge in [-0.2, -0.15) is 0 Å². The zero-order valence-corrected chi connectivity index (χ0v) is 14.7. The maximum Gasteiger partial charge on any atom is 0.270 e. The summed E-state index contributed by atoms with van der Waals surface area (Å²) in [6.07, 6.45) is 1.47. The summed E-state index contributed by atoms with van der Waals surface area (Å²) in [5, 5.41) is 2.74. The average molecular weight is 377 g/mol. The molecule has 0 radical (unpaired) electrons. The summed E-state index contributed by atoms with van der Waals surface area (Å²) in [7, 11) is 1.55. The smallest absolute Gasteiger partial charge is 0.270 e. The normalized spacial score (nSPS) is 9.92. The minimum absolute atomic E-state index is 0.0864. The lowest BCUT2D eigenvalue weighted by atomic mass is 10.1. The maximum absolute atomic E-state index is 11.8. The predicted molar refractivity (Wildman–Crippen MR) is 94.6 cm³/mol. The van der Waals surface area contributed by atoms with Crippen LogP contribution in [0.1, 0.15) is 16.1 Å². The molecule has 0 bridgehead atoms. The first-order valence-corrected chi connectivity index (χ1v) is 7.96. The molecule has 0 aliphatic heterocycles. The molecule has 3 amide bonds. The van der Waals surface area contributed by atoms with Gasteiger partial charge in [-0.1, -0.05) is 23.7 Å². The molecular weight excluding hydrogens is 360 g/mol. The number of carbonyl (C=O) groups excluding carboxylic acids is 3. The van der Waals surface area contributed by atoms with Crippen LogP contribution in [0.15, 0.2) is 42.6 Å². The Morgan fingerprint density at radius 3 is 2.42 bits per heavy atom. The quantitative estimate of drug-likeness (QED) is 0.648. The van der Waals surface area contributed by atoms with Gasteiger partial charge in [-0.05, 0) is 29.8 Å². The lowest BCUT2D eigenvalue weighted by Gasteiger charge is -2.09. The van der Waals surface area contributed by atoms with Crippen LogP contribution in [0.25, 0.3) is 0 Å². The molecule has 0 atom stereocenters. The number of ether oxygens (including phenoxy) is 1. The fourth-order valence-corrected chi connectivity index (χ4v) is 2.10. The zero-order chi connectivity index (χ0) is 18.9. The van der Waals surface area contributed by atoms with Crippen molar-refractivity contribution in [3.63, 3.8) is 0 Å². The third-order valence-electron chi connectivity index (χ3n) is 3.23. The van der Waals surface area contributed by atoms with E-state index in [9.17, 15) is 14.4 Å². The Morgan fingerprint density at radius 2 is 1.77 bits per heavy atom. The third kappa shape index (κ3) is 6.06. The number of nitrogens with zero attached hydrogens (tertiary/aromatic N) is 1. The number of pyridine rings is 1. The number of nitrogens with one attached hydrogen (secondary N) is 3. The monoisotopic (exact) mass is 376 g/mol. The Labute approximate surface area is 154 Å². The lowest BCUT2D eigenvalue weighted by Crippen LogP contribution is -2.46. The molecule has 9 heteroatoms. The van der Waals surface area contributed by atoms with Crippen LogP contribution < -0.4 is 20.9 Å². The number of carbonyl (C=O) groups is 3. The van der Waals surface area contributed by atoms with E-state index in [2.05, 4.69) is 21.2 Å². The van der Waals surface area contributed by atoms with E-state index in [0.29, 0.717) is 10.8 Å². The molecule has 0 fully saturated rings. The number of aromatic nitrogens is 1. The van der Waals surface area contributed by atoms with E-state index in [0.717, 1.165) is 5.56 Å². The number of hydrazine groups is 1. The first kappa shape index (κ1) is 19.2. The van der Waals surface area contributed by atoms with Crippen LogP contribution in [0.4, 0.5) is 0 Å².